The number of nitrogens with zero attached hydrogens (tertiary/aromatic N) is 3. The molecule has 1 N–H and O–H groups in total. The quantitative estimate of drug-likeness (QED) is 0.548. The molecule has 0 radical (unpaired) electrons. The molecule has 0 aliphatic carbocycles. The summed E-state index contributed by atoms with van der Waals surface area (Å²) in [4.78, 5) is 20.0. The maximum Gasteiger partial charge on any atom is 0.198 e. The van der Waals surface area contributed by atoms with Crippen LogP contribution in [0.15, 0.2) is 66.9 Å². The third-order valence-electron chi connectivity index (χ3n) is 4.97. The lowest BCUT2D eigenvalue weighted by Crippen LogP contribution is -2.44. The number of ketones is 1. The first kappa shape index (κ1) is 19.4. The van der Waals surface area contributed by atoms with Gasteiger partial charge in [-0.05, 0) is 18.1 Å². The third-order valence-corrected chi connectivity index (χ3v) is 4.97. The van der Waals surface area contributed by atoms with Crippen molar-refractivity contribution in [1.29, 1.82) is 5.26 Å². The lowest BCUT2D eigenvalue weighted by Gasteiger charge is -2.31. The smallest absolute Gasteiger partial charge is 0.198 e. The van der Waals surface area contributed by atoms with Gasteiger partial charge in [0.05, 0.1) is 16.8 Å². The van der Waals surface area contributed by atoms with Gasteiger partial charge in [-0.25, -0.2) is 4.98 Å². The van der Waals surface area contributed by atoms with E-state index in [1.165, 1.54) is 6.20 Å². The summed E-state index contributed by atoms with van der Waals surface area (Å²) in [7, 11) is 0. The van der Waals surface area contributed by atoms with Crippen molar-refractivity contribution in [2.75, 3.05) is 31.1 Å². The SMILES string of the molecule is N#Cc1cnc(C#Cc2ccccc2)c(C(=O)c2ccccc2)c1N1CCNCC1. The van der Waals surface area contributed by atoms with Crippen LogP contribution in [0.1, 0.15) is 32.7 Å². The largest absolute Gasteiger partial charge is 0.367 e. The highest BCUT2D eigenvalue weighted by Gasteiger charge is 2.26. The van der Waals surface area contributed by atoms with Crippen LogP contribution in [-0.2, 0) is 0 Å². The molecule has 30 heavy (non-hydrogen) atoms. The van der Waals surface area contributed by atoms with Crippen molar-refractivity contribution >= 4 is 11.5 Å². The van der Waals surface area contributed by atoms with Crippen molar-refractivity contribution in [3.05, 3.63) is 94.8 Å². The number of rotatable bonds is 3. The molecule has 5 heteroatoms. The molecule has 0 spiro atoms. The number of benzene rings is 2. The van der Waals surface area contributed by atoms with Crippen LogP contribution in [-0.4, -0.2) is 36.9 Å². The second kappa shape index (κ2) is 9.05. The molecule has 1 fully saturated rings. The number of hydrogen-bond acceptors (Lipinski definition) is 5. The third kappa shape index (κ3) is 4.07. The van der Waals surface area contributed by atoms with Gasteiger partial charge < -0.3 is 10.2 Å². The van der Waals surface area contributed by atoms with Gasteiger partial charge in [-0.15, -0.1) is 0 Å². The minimum Gasteiger partial charge on any atom is -0.367 e. The standard InChI is InChI=1S/C25H20N4O/c26-17-21-18-28-22(12-11-19-7-3-1-4-8-19)23(24(21)29-15-13-27-14-16-29)25(30)20-9-5-2-6-10-20/h1-10,18,27H,13-16H2. The molecule has 0 bridgehead atoms. The summed E-state index contributed by atoms with van der Waals surface area (Å²) in [5.41, 5.74) is 3.19. The summed E-state index contributed by atoms with van der Waals surface area (Å²) in [5.74, 6) is 6.00. The molecule has 1 aliphatic heterocycles. The molecule has 0 unspecified atom stereocenters. The molecular formula is C25H20N4O. The van der Waals surface area contributed by atoms with Gasteiger partial charge in [0, 0.05) is 43.5 Å². The first-order chi connectivity index (χ1) is 14.8. The van der Waals surface area contributed by atoms with Gasteiger partial charge in [0.25, 0.3) is 0 Å². The second-order valence-corrected chi connectivity index (χ2v) is 6.90. The van der Waals surface area contributed by atoms with Crippen LogP contribution in [0.4, 0.5) is 5.69 Å². The highest BCUT2D eigenvalue weighted by molar-refractivity contribution is 6.14. The molecule has 2 heterocycles. The minimum atomic E-state index is -0.175. The number of piperazine rings is 1. The predicted molar refractivity (Wildman–Crippen MR) is 116 cm³/mol. The number of carbonyl (C=O) groups is 1. The van der Waals surface area contributed by atoms with E-state index in [-0.39, 0.29) is 5.78 Å². The number of nitrogens with one attached hydrogen (secondary N) is 1. The second-order valence-electron chi connectivity index (χ2n) is 6.90. The average molecular weight is 392 g/mol. The Labute approximate surface area is 176 Å². The molecular weight excluding hydrogens is 372 g/mol. The van der Waals surface area contributed by atoms with Gasteiger partial charge in [0.1, 0.15) is 11.8 Å². The average Bonchev–Trinajstić information content (AvgIpc) is 2.83. The monoisotopic (exact) mass is 392 g/mol. The maximum absolute atomic E-state index is 13.6. The van der Waals surface area contributed by atoms with Crippen LogP contribution in [0.2, 0.25) is 0 Å². The molecule has 0 amide bonds. The summed E-state index contributed by atoms with van der Waals surface area (Å²) >= 11 is 0. The van der Waals surface area contributed by atoms with Gasteiger partial charge in [0.2, 0.25) is 0 Å². The first-order valence-electron chi connectivity index (χ1n) is 9.83. The Morgan fingerprint density at radius 1 is 0.967 bits per heavy atom. The van der Waals surface area contributed by atoms with E-state index in [2.05, 4.69) is 33.1 Å². The Hall–Kier alpha value is -3.93. The number of anilines is 1. The van der Waals surface area contributed by atoms with E-state index in [9.17, 15) is 10.1 Å². The van der Waals surface area contributed by atoms with E-state index in [0.717, 1.165) is 18.7 Å². The predicted octanol–water partition coefficient (Wildman–Crippen LogP) is 2.99. The van der Waals surface area contributed by atoms with Gasteiger partial charge >= 0.3 is 0 Å². The number of aromatic nitrogens is 1. The lowest BCUT2D eigenvalue weighted by atomic mass is 9.96. The molecule has 1 saturated heterocycles. The number of carbonyl (C=O) groups excluding carboxylic acids is 1. The molecule has 1 aliphatic rings. The Balaban J connectivity index is 1.91. The molecule has 5 nitrogen and oxygen atoms in total. The molecule has 146 valence electrons. The molecule has 1 aromatic heterocycles. The van der Waals surface area contributed by atoms with E-state index in [1.807, 2.05) is 48.5 Å². The number of pyridine rings is 1. The van der Waals surface area contributed by atoms with Crippen LogP contribution in [0.25, 0.3) is 0 Å². The summed E-state index contributed by atoms with van der Waals surface area (Å²) in [6.07, 6.45) is 1.52. The van der Waals surface area contributed by atoms with E-state index in [4.69, 9.17) is 0 Å². The lowest BCUT2D eigenvalue weighted by molar-refractivity contribution is 0.103. The topological polar surface area (TPSA) is 69.0 Å². The van der Waals surface area contributed by atoms with E-state index in [0.29, 0.717) is 41.2 Å². The van der Waals surface area contributed by atoms with Crippen molar-refractivity contribution in [1.82, 2.24) is 10.3 Å². The Kier molecular flexibility index (Phi) is 5.85. The van der Waals surface area contributed by atoms with Crippen molar-refractivity contribution < 1.29 is 4.79 Å². The first-order valence-corrected chi connectivity index (χ1v) is 9.83. The van der Waals surface area contributed by atoms with Gasteiger partial charge in [-0.2, -0.15) is 5.26 Å². The van der Waals surface area contributed by atoms with Crippen LogP contribution >= 0.6 is 0 Å². The van der Waals surface area contributed by atoms with Crippen LogP contribution in [0, 0.1) is 23.2 Å². The summed E-state index contributed by atoms with van der Waals surface area (Å²) in [6, 6.07) is 20.9. The maximum atomic E-state index is 13.6. The zero-order valence-electron chi connectivity index (χ0n) is 16.4. The van der Waals surface area contributed by atoms with Gasteiger partial charge in [-0.1, -0.05) is 54.5 Å². The highest BCUT2D eigenvalue weighted by Crippen LogP contribution is 2.29. The van der Waals surface area contributed by atoms with E-state index >= 15 is 0 Å². The molecule has 4 rings (SSSR count). The van der Waals surface area contributed by atoms with E-state index < -0.39 is 0 Å². The summed E-state index contributed by atoms with van der Waals surface area (Å²) in [6.45, 7) is 2.99. The van der Waals surface area contributed by atoms with Crippen molar-refractivity contribution in [3.8, 4) is 17.9 Å². The van der Waals surface area contributed by atoms with Crippen molar-refractivity contribution in [3.63, 3.8) is 0 Å². The number of nitriles is 1. The Bertz CT molecular complexity index is 1150. The highest BCUT2D eigenvalue weighted by atomic mass is 16.1. The van der Waals surface area contributed by atoms with Crippen molar-refractivity contribution in [2.24, 2.45) is 0 Å². The normalized spacial score (nSPS) is 13.1. The molecule has 0 atom stereocenters. The van der Waals surface area contributed by atoms with Crippen LogP contribution in [0.5, 0.6) is 0 Å². The van der Waals surface area contributed by atoms with Gasteiger partial charge in [-0.3, -0.25) is 4.79 Å². The van der Waals surface area contributed by atoms with Crippen molar-refractivity contribution in [2.45, 2.75) is 0 Å². The molecule has 3 aromatic rings. The minimum absolute atomic E-state index is 0.175. The van der Waals surface area contributed by atoms with E-state index in [1.54, 1.807) is 12.1 Å². The fourth-order valence-corrected chi connectivity index (χ4v) is 3.50. The molecule has 2 aromatic carbocycles. The van der Waals surface area contributed by atoms with Crippen LogP contribution < -0.4 is 10.2 Å². The zero-order chi connectivity index (χ0) is 20.8. The Morgan fingerprint density at radius 2 is 1.63 bits per heavy atom. The molecule has 0 saturated carbocycles. The van der Waals surface area contributed by atoms with Crippen LogP contribution in [0.3, 0.4) is 0 Å². The number of hydrogen-bond donors (Lipinski definition) is 1. The zero-order valence-corrected chi connectivity index (χ0v) is 16.4. The fourth-order valence-electron chi connectivity index (χ4n) is 3.50. The fraction of sp³-hybridized carbons (Fsp3) is 0.160. The summed E-state index contributed by atoms with van der Waals surface area (Å²) < 4.78 is 0. The van der Waals surface area contributed by atoms with Gasteiger partial charge in [0.15, 0.2) is 5.78 Å². The Morgan fingerprint density at radius 3 is 2.30 bits per heavy atom. The summed E-state index contributed by atoms with van der Waals surface area (Å²) in [5, 5.41) is 13.1.